The second-order valence-electron chi connectivity index (χ2n) is 10.8. The maximum atomic E-state index is 13.2. The molecule has 2 saturated heterocycles. The lowest BCUT2D eigenvalue weighted by molar-refractivity contribution is -0.161. The number of amides is 1. The molecule has 2 aliphatic heterocycles. The number of benzene rings is 1. The second kappa shape index (κ2) is 10.9. The lowest BCUT2D eigenvalue weighted by Gasteiger charge is -2.38. The van der Waals surface area contributed by atoms with E-state index < -0.39 is 27.6 Å². The molecule has 0 radical (unpaired) electrons. The van der Waals surface area contributed by atoms with Crippen LogP contribution in [0.15, 0.2) is 18.7 Å². The number of halogens is 1. The minimum absolute atomic E-state index is 0.0387. The van der Waals surface area contributed by atoms with Crippen molar-refractivity contribution in [2.75, 3.05) is 26.8 Å². The first-order valence-electron chi connectivity index (χ1n) is 12.1. The van der Waals surface area contributed by atoms with Gasteiger partial charge in [-0.1, -0.05) is 18.2 Å². The van der Waals surface area contributed by atoms with Gasteiger partial charge in [0.05, 0.1) is 35.5 Å². The minimum Gasteiger partial charge on any atom is -0.496 e. The van der Waals surface area contributed by atoms with Crippen molar-refractivity contribution in [3.63, 3.8) is 0 Å². The topological polar surface area (TPSA) is 77.1 Å². The van der Waals surface area contributed by atoms with Crippen LogP contribution in [0, 0.1) is 5.92 Å². The fourth-order valence-electron chi connectivity index (χ4n) is 4.49. The second-order valence-corrected chi connectivity index (χ2v) is 13.2. The molecular weight excluding hydrogens is 488 g/mol. The molecule has 1 aromatic carbocycles. The Hall–Kier alpha value is -1.45. The number of methoxy groups -OCH3 is 1. The predicted octanol–water partition coefficient (Wildman–Crippen LogP) is 4.86. The average molecular weight is 527 g/mol. The quantitative estimate of drug-likeness (QED) is 0.548. The fraction of sp³-hybridized carbons (Fsp3) is 0.654. The Bertz CT molecular complexity index is 983. The van der Waals surface area contributed by atoms with E-state index in [4.69, 9.17) is 25.8 Å². The van der Waals surface area contributed by atoms with Crippen molar-refractivity contribution >= 4 is 34.1 Å². The summed E-state index contributed by atoms with van der Waals surface area (Å²) in [6.07, 6.45) is 0.910. The number of carbonyl (C=O) groups excluding carboxylic acids is 1. The zero-order valence-corrected chi connectivity index (χ0v) is 23.5. The van der Waals surface area contributed by atoms with Gasteiger partial charge in [-0.05, 0) is 83.6 Å². The summed E-state index contributed by atoms with van der Waals surface area (Å²) in [5.74, 6) is 0.0238. The molecule has 0 spiro atoms. The van der Waals surface area contributed by atoms with E-state index >= 15 is 0 Å². The Morgan fingerprint density at radius 2 is 1.94 bits per heavy atom. The fourth-order valence-corrected chi connectivity index (χ4v) is 5.72. The number of carbonyl (C=O) groups is 1. The maximum Gasteiger partial charge on any atom is 0.254 e. The summed E-state index contributed by atoms with van der Waals surface area (Å²) in [4.78, 5) is 14.8. The number of ether oxygens (including phenoxy) is 3. The molecule has 2 aliphatic rings. The molecule has 3 atom stereocenters. The number of rotatable bonds is 7. The number of nitrogens with zero attached hydrogens (tertiary/aromatic N) is 1. The van der Waals surface area contributed by atoms with E-state index in [2.05, 4.69) is 11.3 Å². The van der Waals surface area contributed by atoms with Crippen LogP contribution in [0.1, 0.15) is 71.6 Å². The molecule has 1 N–H and O–H groups in total. The molecule has 35 heavy (non-hydrogen) atoms. The SMILES string of the molecule is C=C(C)c1cc(OC)c([C@H](NS(=O)C(C)(C)C)C2CCN(C(=O)[C@H]3COC(C)(C)O3)CC2)cc1Cl. The van der Waals surface area contributed by atoms with Gasteiger partial charge in [0.25, 0.3) is 5.91 Å². The summed E-state index contributed by atoms with van der Waals surface area (Å²) in [5.41, 5.74) is 2.53. The first kappa shape index (κ1) is 28.1. The zero-order chi connectivity index (χ0) is 26.1. The molecule has 7 nitrogen and oxygen atoms in total. The van der Waals surface area contributed by atoms with Gasteiger partial charge in [-0.15, -0.1) is 0 Å². The molecule has 2 heterocycles. The lowest BCUT2D eigenvalue weighted by atomic mass is 9.85. The van der Waals surface area contributed by atoms with Crippen molar-refractivity contribution in [2.45, 2.75) is 77.1 Å². The third kappa shape index (κ3) is 6.66. The monoisotopic (exact) mass is 526 g/mol. The van der Waals surface area contributed by atoms with Crippen molar-refractivity contribution in [1.29, 1.82) is 0 Å². The molecular formula is C26H39ClN2O5S. The highest BCUT2D eigenvalue weighted by atomic mass is 35.5. The van der Waals surface area contributed by atoms with Crippen LogP contribution >= 0.6 is 11.6 Å². The van der Waals surface area contributed by atoms with Crippen LogP contribution in [0.2, 0.25) is 5.02 Å². The average Bonchev–Trinajstić information content (AvgIpc) is 3.15. The van der Waals surface area contributed by atoms with Gasteiger partial charge >= 0.3 is 0 Å². The third-order valence-electron chi connectivity index (χ3n) is 6.51. The van der Waals surface area contributed by atoms with E-state index in [1.807, 2.05) is 58.6 Å². The van der Waals surface area contributed by atoms with E-state index in [1.165, 1.54) is 0 Å². The Labute approximate surface area is 217 Å². The van der Waals surface area contributed by atoms with Gasteiger partial charge < -0.3 is 19.1 Å². The summed E-state index contributed by atoms with van der Waals surface area (Å²) in [7, 11) is 0.312. The van der Waals surface area contributed by atoms with Crippen LogP contribution in [0.5, 0.6) is 5.75 Å². The van der Waals surface area contributed by atoms with Crippen LogP contribution in [0.25, 0.3) is 5.57 Å². The molecule has 0 saturated carbocycles. The van der Waals surface area contributed by atoms with E-state index in [1.54, 1.807) is 7.11 Å². The molecule has 0 aromatic heterocycles. The van der Waals surface area contributed by atoms with Gasteiger partial charge in [-0.3, -0.25) is 4.79 Å². The zero-order valence-electron chi connectivity index (χ0n) is 21.9. The summed E-state index contributed by atoms with van der Waals surface area (Å²) >= 11 is 6.62. The van der Waals surface area contributed by atoms with Crippen LogP contribution < -0.4 is 9.46 Å². The van der Waals surface area contributed by atoms with Crippen molar-refractivity contribution in [3.8, 4) is 5.75 Å². The number of allylic oxidation sites excluding steroid dienone is 1. The molecule has 1 amide bonds. The standard InChI is InChI=1S/C26H39ClN2O5S/c1-16(2)18-14-21(32-8)19(13-20(18)27)23(28-35(31)25(3,4)5)17-9-11-29(12-10-17)24(30)22-15-33-26(6,7)34-22/h13-14,17,22-23,28H,1,9-12,15H2,2-8H3/t22-,23-,35?/m1/s1. The highest BCUT2D eigenvalue weighted by Gasteiger charge is 2.41. The number of likely N-dealkylation sites (tertiary alicyclic amines) is 1. The molecule has 0 bridgehead atoms. The van der Waals surface area contributed by atoms with Gasteiger partial charge in [-0.2, -0.15) is 0 Å². The summed E-state index contributed by atoms with van der Waals surface area (Å²) < 4.78 is 33.2. The first-order valence-corrected chi connectivity index (χ1v) is 13.6. The van der Waals surface area contributed by atoms with E-state index in [0.29, 0.717) is 23.9 Å². The smallest absolute Gasteiger partial charge is 0.254 e. The molecule has 3 rings (SSSR count). The van der Waals surface area contributed by atoms with Crippen molar-refractivity contribution in [1.82, 2.24) is 9.62 Å². The maximum absolute atomic E-state index is 13.2. The molecule has 0 aliphatic carbocycles. The largest absolute Gasteiger partial charge is 0.496 e. The van der Waals surface area contributed by atoms with Gasteiger partial charge in [0.15, 0.2) is 11.9 Å². The van der Waals surface area contributed by atoms with E-state index in [0.717, 1.165) is 29.5 Å². The van der Waals surface area contributed by atoms with Gasteiger partial charge in [0.2, 0.25) is 0 Å². The normalized spacial score (nSPS) is 22.6. The van der Waals surface area contributed by atoms with Crippen molar-refractivity contribution in [2.24, 2.45) is 5.92 Å². The van der Waals surface area contributed by atoms with Crippen molar-refractivity contribution in [3.05, 3.63) is 34.9 Å². The highest BCUT2D eigenvalue weighted by molar-refractivity contribution is 7.84. The number of nitrogens with one attached hydrogen (secondary N) is 1. The number of hydrogen-bond acceptors (Lipinski definition) is 5. The van der Waals surface area contributed by atoms with Crippen LogP contribution in [0.3, 0.4) is 0 Å². The number of hydrogen-bond donors (Lipinski definition) is 1. The predicted molar refractivity (Wildman–Crippen MR) is 141 cm³/mol. The molecule has 196 valence electrons. The van der Waals surface area contributed by atoms with Gasteiger partial charge in [-0.25, -0.2) is 8.93 Å². The van der Waals surface area contributed by atoms with Crippen molar-refractivity contribution < 1.29 is 23.2 Å². The molecule has 9 heteroatoms. The third-order valence-corrected chi connectivity index (χ3v) is 8.40. The highest BCUT2D eigenvalue weighted by Crippen LogP contribution is 2.40. The Morgan fingerprint density at radius 1 is 1.31 bits per heavy atom. The Morgan fingerprint density at radius 3 is 2.43 bits per heavy atom. The Balaban J connectivity index is 1.84. The van der Waals surface area contributed by atoms with Crippen LogP contribution in [0.4, 0.5) is 0 Å². The summed E-state index contributed by atoms with van der Waals surface area (Å²) in [6, 6.07) is 3.53. The van der Waals surface area contributed by atoms with E-state index in [9.17, 15) is 9.00 Å². The molecule has 1 unspecified atom stereocenters. The minimum atomic E-state index is -1.31. The number of piperidine rings is 1. The van der Waals surface area contributed by atoms with Gasteiger partial charge in [0, 0.05) is 23.7 Å². The van der Waals surface area contributed by atoms with Gasteiger partial charge in [0.1, 0.15) is 5.75 Å². The first-order chi connectivity index (χ1) is 16.2. The van der Waals surface area contributed by atoms with Crippen LogP contribution in [-0.4, -0.2) is 58.5 Å². The lowest BCUT2D eigenvalue weighted by Crippen LogP contribution is -2.47. The van der Waals surface area contributed by atoms with Crippen LogP contribution in [-0.2, 0) is 25.3 Å². The Kier molecular flexibility index (Phi) is 8.75. The summed E-state index contributed by atoms with van der Waals surface area (Å²) in [6.45, 7) is 16.8. The molecule has 2 fully saturated rings. The van der Waals surface area contributed by atoms with E-state index in [-0.39, 0.29) is 24.5 Å². The molecule has 1 aromatic rings. The summed E-state index contributed by atoms with van der Waals surface area (Å²) in [5, 5.41) is 0.579.